The van der Waals surface area contributed by atoms with Gasteiger partial charge in [0.1, 0.15) is 0 Å². The lowest BCUT2D eigenvalue weighted by Gasteiger charge is -2.35. The highest BCUT2D eigenvalue weighted by atomic mass is 16.5. The minimum Gasteiger partial charge on any atom is -0.373 e. The predicted molar refractivity (Wildman–Crippen MR) is 109 cm³/mol. The van der Waals surface area contributed by atoms with Gasteiger partial charge < -0.3 is 15.0 Å². The summed E-state index contributed by atoms with van der Waals surface area (Å²) in [5.74, 6) is 0.960. The standard InChI is InChI=1S/C21H36N4O/c1-6-7-12-24(5)21(22-4)23-13-19-10-8-9-11-20(19)16-25-14-17(2)26-18(3)15-25/h8-11,17-18H,6-7,12-16H2,1-5H3,(H,22,23). The molecule has 0 aliphatic carbocycles. The number of unbranched alkanes of at least 4 members (excludes halogenated alkanes) is 1. The topological polar surface area (TPSA) is 40.1 Å². The second-order valence-corrected chi connectivity index (χ2v) is 7.40. The molecule has 1 saturated heterocycles. The number of benzene rings is 1. The summed E-state index contributed by atoms with van der Waals surface area (Å²) in [6, 6.07) is 8.71. The minimum atomic E-state index is 0.301. The van der Waals surface area contributed by atoms with Crippen LogP contribution in [-0.4, -0.2) is 61.7 Å². The fourth-order valence-corrected chi connectivity index (χ4v) is 3.60. The third kappa shape index (κ3) is 6.29. The predicted octanol–water partition coefficient (Wildman–Crippen LogP) is 3.10. The molecule has 26 heavy (non-hydrogen) atoms. The lowest BCUT2D eigenvalue weighted by Crippen LogP contribution is -2.45. The monoisotopic (exact) mass is 360 g/mol. The van der Waals surface area contributed by atoms with Crippen LogP contribution in [0.1, 0.15) is 44.7 Å². The van der Waals surface area contributed by atoms with E-state index in [1.807, 2.05) is 7.05 Å². The molecule has 0 spiro atoms. The molecule has 146 valence electrons. The molecule has 0 amide bonds. The van der Waals surface area contributed by atoms with Crippen molar-refractivity contribution in [1.82, 2.24) is 15.1 Å². The maximum Gasteiger partial charge on any atom is 0.193 e. The second kappa shape index (κ2) is 10.5. The number of morpholine rings is 1. The number of rotatable bonds is 7. The quantitative estimate of drug-likeness (QED) is 0.599. The summed E-state index contributed by atoms with van der Waals surface area (Å²) >= 11 is 0. The van der Waals surface area contributed by atoms with E-state index in [2.05, 4.69) is 72.2 Å². The summed E-state index contributed by atoms with van der Waals surface area (Å²) in [4.78, 5) is 9.13. The Morgan fingerprint density at radius 2 is 1.88 bits per heavy atom. The van der Waals surface area contributed by atoms with E-state index in [9.17, 15) is 0 Å². The molecule has 1 aromatic rings. The molecule has 0 aromatic heterocycles. The van der Waals surface area contributed by atoms with Crippen molar-refractivity contribution in [1.29, 1.82) is 0 Å². The van der Waals surface area contributed by atoms with Crippen molar-refractivity contribution in [3.8, 4) is 0 Å². The number of guanidine groups is 1. The van der Waals surface area contributed by atoms with Gasteiger partial charge in [-0.15, -0.1) is 0 Å². The van der Waals surface area contributed by atoms with Gasteiger partial charge in [-0.1, -0.05) is 37.6 Å². The van der Waals surface area contributed by atoms with Crippen molar-refractivity contribution in [2.75, 3.05) is 33.7 Å². The van der Waals surface area contributed by atoms with Gasteiger partial charge in [0.2, 0.25) is 0 Å². The largest absolute Gasteiger partial charge is 0.373 e. The van der Waals surface area contributed by atoms with Crippen LogP contribution in [0, 0.1) is 0 Å². The van der Waals surface area contributed by atoms with E-state index in [0.717, 1.165) is 38.7 Å². The smallest absolute Gasteiger partial charge is 0.193 e. The molecule has 0 radical (unpaired) electrons. The van der Waals surface area contributed by atoms with Gasteiger partial charge in [0.25, 0.3) is 0 Å². The zero-order valence-electron chi connectivity index (χ0n) is 17.2. The van der Waals surface area contributed by atoms with Gasteiger partial charge in [-0.2, -0.15) is 0 Å². The normalized spacial score (nSPS) is 21.7. The molecular weight excluding hydrogens is 324 g/mol. The molecule has 2 atom stereocenters. The fourth-order valence-electron chi connectivity index (χ4n) is 3.60. The first-order valence-electron chi connectivity index (χ1n) is 9.89. The number of hydrogen-bond donors (Lipinski definition) is 1. The molecule has 0 bridgehead atoms. The molecular formula is C21H36N4O. The van der Waals surface area contributed by atoms with Crippen molar-refractivity contribution in [3.63, 3.8) is 0 Å². The SMILES string of the molecule is CCCCN(C)C(=NC)NCc1ccccc1CN1CC(C)OC(C)C1. The Morgan fingerprint density at radius 1 is 1.23 bits per heavy atom. The van der Waals surface area contributed by atoms with Gasteiger partial charge in [0, 0.05) is 46.8 Å². The summed E-state index contributed by atoms with van der Waals surface area (Å²) in [6.45, 7) is 11.3. The lowest BCUT2D eigenvalue weighted by atomic mass is 10.1. The Labute approximate surface area is 159 Å². The fraction of sp³-hybridized carbons (Fsp3) is 0.667. The molecule has 1 aromatic carbocycles. The van der Waals surface area contributed by atoms with Crippen LogP contribution in [0.4, 0.5) is 0 Å². The molecule has 1 fully saturated rings. The minimum absolute atomic E-state index is 0.301. The van der Waals surface area contributed by atoms with Crippen LogP contribution < -0.4 is 5.32 Å². The van der Waals surface area contributed by atoms with Crippen LogP contribution >= 0.6 is 0 Å². The number of ether oxygens (including phenoxy) is 1. The van der Waals surface area contributed by atoms with Crippen LogP contribution in [0.3, 0.4) is 0 Å². The Hall–Kier alpha value is -1.59. The average Bonchev–Trinajstić information content (AvgIpc) is 2.61. The van der Waals surface area contributed by atoms with Crippen molar-refractivity contribution in [3.05, 3.63) is 35.4 Å². The summed E-state index contributed by atoms with van der Waals surface area (Å²) < 4.78 is 5.86. The Morgan fingerprint density at radius 3 is 2.50 bits per heavy atom. The van der Waals surface area contributed by atoms with E-state index < -0.39 is 0 Å². The van der Waals surface area contributed by atoms with Gasteiger partial charge in [0.15, 0.2) is 5.96 Å². The first-order chi connectivity index (χ1) is 12.5. The first-order valence-corrected chi connectivity index (χ1v) is 9.89. The molecule has 2 unspecified atom stereocenters. The van der Waals surface area contributed by atoms with Gasteiger partial charge in [0.05, 0.1) is 12.2 Å². The lowest BCUT2D eigenvalue weighted by molar-refractivity contribution is -0.0705. The number of nitrogens with zero attached hydrogens (tertiary/aromatic N) is 3. The maximum atomic E-state index is 5.86. The number of nitrogens with one attached hydrogen (secondary N) is 1. The van der Waals surface area contributed by atoms with Crippen LogP contribution in [0.2, 0.25) is 0 Å². The second-order valence-electron chi connectivity index (χ2n) is 7.40. The first kappa shape index (κ1) is 20.7. The summed E-state index contributed by atoms with van der Waals surface area (Å²) in [7, 11) is 3.96. The molecule has 5 heteroatoms. The summed E-state index contributed by atoms with van der Waals surface area (Å²) in [6.07, 6.45) is 2.98. The molecule has 5 nitrogen and oxygen atoms in total. The van der Waals surface area contributed by atoms with Crippen molar-refractivity contribution in [2.45, 2.75) is 58.9 Å². The molecule has 2 rings (SSSR count). The Balaban J connectivity index is 1.97. The highest BCUT2D eigenvalue weighted by Crippen LogP contribution is 2.17. The van der Waals surface area contributed by atoms with Crippen LogP contribution in [0.5, 0.6) is 0 Å². The van der Waals surface area contributed by atoms with Crippen LogP contribution in [-0.2, 0) is 17.8 Å². The molecule has 1 heterocycles. The third-order valence-corrected chi connectivity index (χ3v) is 4.86. The van der Waals surface area contributed by atoms with Gasteiger partial charge in [-0.3, -0.25) is 9.89 Å². The Bertz CT molecular complexity index is 565. The third-order valence-electron chi connectivity index (χ3n) is 4.86. The summed E-state index contributed by atoms with van der Waals surface area (Å²) in [5.41, 5.74) is 2.72. The van der Waals surface area contributed by atoms with Crippen molar-refractivity contribution < 1.29 is 4.74 Å². The van der Waals surface area contributed by atoms with Crippen LogP contribution in [0.15, 0.2) is 29.3 Å². The highest BCUT2D eigenvalue weighted by Gasteiger charge is 2.22. The summed E-state index contributed by atoms with van der Waals surface area (Å²) in [5, 5.41) is 3.52. The molecule has 1 N–H and O–H groups in total. The highest BCUT2D eigenvalue weighted by molar-refractivity contribution is 5.79. The van der Waals surface area contributed by atoms with E-state index >= 15 is 0 Å². The molecule has 0 saturated carbocycles. The Kier molecular flexibility index (Phi) is 8.39. The van der Waals surface area contributed by atoms with E-state index in [-0.39, 0.29) is 0 Å². The van der Waals surface area contributed by atoms with Gasteiger partial charge in [-0.05, 0) is 31.4 Å². The van der Waals surface area contributed by atoms with Crippen LogP contribution in [0.25, 0.3) is 0 Å². The molecule has 1 aliphatic rings. The van der Waals surface area contributed by atoms with Crippen molar-refractivity contribution >= 4 is 5.96 Å². The molecule has 1 aliphatic heterocycles. The zero-order valence-corrected chi connectivity index (χ0v) is 17.2. The number of hydrogen-bond acceptors (Lipinski definition) is 3. The van der Waals surface area contributed by atoms with E-state index in [0.29, 0.717) is 12.2 Å². The van der Waals surface area contributed by atoms with E-state index in [4.69, 9.17) is 4.74 Å². The van der Waals surface area contributed by atoms with E-state index in [1.54, 1.807) is 0 Å². The van der Waals surface area contributed by atoms with Crippen molar-refractivity contribution in [2.24, 2.45) is 4.99 Å². The zero-order chi connectivity index (χ0) is 18.9. The maximum absolute atomic E-state index is 5.86. The number of aliphatic imine (C=N–C) groups is 1. The average molecular weight is 361 g/mol. The van der Waals surface area contributed by atoms with Gasteiger partial charge in [-0.25, -0.2) is 0 Å². The van der Waals surface area contributed by atoms with E-state index in [1.165, 1.54) is 24.0 Å². The van der Waals surface area contributed by atoms with Gasteiger partial charge >= 0.3 is 0 Å².